The summed E-state index contributed by atoms with van der Waals surface area (Å²) >= 11 is 1.52. The quantitative estimate of drug-likeness (QED) is 0.635. The molecule has 2 amide bonds. The molecule has 3 aromatic rings. The molecule has 1 aliphatic rings. The van der Waals surface area contributed by atoms with Gasteiger partial charge in [-0.25, -0.2) is 0 Å². The van der Waals surface area contributed by atoms with Gasteiger partial charge in [0, 0.05) is 29.8 Å². The summed E-state index contributed by atoms with van der Waals surface area (Å²) in [7, 11) is 1.59. The number of methoxy groups -OCH3 is 1. The Morgan fingerprint density at radius 1 is 1.16 bits per heavy atom. The number of carbonyl (C=O) groups excluding carboxylic acids is 2. The fourth-order valence-corrected chi connectivity index (χ4v) is 4.81. The summed E-state index contributed by atoms with van der Waals surface area (Å²) in [6.07, 6.45) is 0. The zero-order chi connectivity index (χ0) is 21.8. The molecule has 0 saturated carbocycles. The number of ether oxygens (including phenoxy) is 1. The average molecular weight is 432 g/mol. The molecule has 1 aliphatic heterocycles. The minimum atomic E-state index is -0.583. The number of fused-ring (bicyclic) bond motifs is 1. The van der Waals surface area contributed by atoms with Crippen molar-refractivity contribution in [1.82, 2.24) is 4.90 Å². The maximum Gasteiger partial charge on any atom is 0.254 e. The Balaban J connectivity index is 1.77. The van der Waals surface area contributed by atoms with Gasteiger partial charge in [-0.3, -0.25) is 9.59 Å². The van der Waals surface area contributed by atoms with Gasteiger partial charge in [0.2, 0.25) is 5.91 Å². The van der Waals surface area contributed by atoms with Crippen LogP contribution in [-0.2, 0) is 9.53 Å². The molecule has 2 heterocycles. The van der Waals surface area contributed by atoms with E-state index in [-0.39, 0.29) is 11.8 Å². The molecule has 0 aliphatic carbocycles. The van der Waals surface area contributed by atoms with Crippen LogP contribution in [0, 0.1) is 11.3 Å². The Labute approximate surface area is 184 Å². The number of anilines is 1. The van der Waals surface area contributed by atoms with Gasteiger partial charge in [-0.05, 0) is 47.3 Å². The van der Waals surface area contributed by atoms with E-state index >= 15 is 0 Å². The first-order valence-electron chi connectivity index (χ1n) is 9.87. The first-order chi connectivity index (χ1) is 15.1. The van der Waals surface area contributed by atoms with Crippen molar-refractivity contribution < 1.29 is 14.3 Å². The van der Waals surface area contributed by atoms with Gasteiger partial charge in [0.05, 0.1) is 30.2 Å². The van der Waals surface area contributed by atoms with Crippen molar-refractivity contribution in [2.24, 2.45) is 0 Å². The number of nitrogens with zero attached hydrogens (tertiary/aromatic N) is 2. The molecule has 2 atom stereocenters. The van der Waals surface area contributed by atoms with Gasteiger partial charge in [0.1, 0.15) is 0 Å². The van der Waals surface area contributed by atoms with Crippen LogP contribution in [0.25, 0.3) is 0 Å². The largest absolute Gasteiger partial charge is 0.383 e. The minimum absolute atomic E-state index is 0.103. The van der Waals surface area contributed by atoms with Gasteiger partial charge in [-0.15, -0.1) is 11.3 Å². The van der Waals surface area contributed by atoms with Crippen molar-refractivity contribution in [3.63, 3.8) is 0 Å². The van der Waals surface area contributed by atoms with Crippen LogP contribution in [0.2, 0.25) is 0 Å². The second-order valence-electron chi connectivity index (χ2n) is 7.19. The molecule has 2 unspecified atom stereocenters. The lowest BCUT2D eigenvalue weighted by Gasteiger charge is -2.41. The number of rotatable bonds is 6. The van der Waals surface area contributed by atoms with Gasteiger partial charge in [-0.1, -0.05) is 24.3 Å². The third-order valence-electron chi connectivity index (χ3n) is 5.37. The summed E-state index contributed by atoms with van der Waals surface area (Å²) in [5.74, 6) is -0.890. The van der Waals surface area contributed by atoms with Gasteiger partial charge in [0.15, 0.2) is 0 Å². The molecule has 2 aromatic carbocycles. The predicted molar refractivity (Wildman–Crippen MR) is 119 cm³/mol. The summed E-state index contributed by atoms with van der Waals surface area (Å²) < 4.78 is 5.24. The molecule has 1 N–H and O–H groups in total. The average Bonchev–Trinajstić information content (AvgIpc) is 3.33. The fourth-order valence-electron chi connectivity index (χ4n) is 3.93. The number of hydrogen-bond donors (Lipinski definition) is 1. The number of amides is 2. The van der Waals surface area contributed by atoms with Crippen LogP contribution in [0.5, 0.6) is 0 Å². The van der Waals surface area contributed by atoms with Crippen molar-refractivity contribution in [3.8, 4) is 6.07 Å². The van der Waals surface area contributed by atoms with E-state index in [4.69, 9.17) is 10.00 Å². The van der Waals surface area contributed by atoms with E-state index in [0.717, 1.165) is 4.88 Å². The molecule has 1 aromatic heterocycles. The van der Waals surface area contributed by atoms with Crippen LogP contribution in [0.15, 0.2) is 66.0 Å². The SMILES string of the molecule is COCCN1C(=O)c2ccccc2C(C(=O)Nc2ccc(C#N)cc2)C1c1cccs1. The van der Waals surface area contributed by atoms with Gasteiger partial charge in [0.25, 0.3) is 5.91 Å². The van der Waals surface area contributed by atoms with Crippen LogP contribution in [-0.4, -0.2) is 37.0 Å². The van der Waals surface area contributed by atoms with Crippen molar-refractivity contribution in [3.05, 3.63) is 87.6 Å². The van der Waals surface area contributed by atoms with Crippen LogP contribution in [0.1, 0.15) is 38.3 Å². The van der Waals surface area contributed by atoms with E-state index in [0.29, 0.717) is 35.5 Å². The van der Waals surface area contributed by atoms with Gasteiger partial charge in [-0.2, -0.15) is 5.26 Å². The van der Waals surface area contributed by atoms with Crippen LogP contribution in [0.4, 0.5) is 5.69 Å². The third kappa shape index (κ3) is 4.08. The first kappa shape index (κ1) is 20.8. The molecule has 4 rings (SSSR count). The first-order valence-corrected chi connectivity index (χ1v) is 10.7. The topological polar surface area (TPSA) is 82.4 Å². The fraction of sp³-hybridized carbons (Fsp3) is 0.208. The predicted octanol–water partition coefficient (Wildman–Crippen LogP) is 4.19. The highest BCUT2D eigenvalue weighted by Gasteiger charge is 2.44. The Morgan fingerprint density at radius 3 is 2.61 bits per heavy atom. The van der Waals surface area contributed by atoms with Crippen molar-refractivity contribution in [2.75, 3.05) is 25.6 Å². The summed E-state index contributed by atoms with van der Waals surface area (Å²) in [4.78, 5) is 29.6. The molecule has 31 heavy (non-hydrogen) atoms. The highest BCUT2D eigenvalue weighted by atomic mass is 32.1. The number of nitrogens with one attached hydrogen (secondary N) is 1. The van der Waals surface area contributed by atoms with Crippen LogP contribution >= 0.6 is 11.3 Å². The van der Waals surface area contributed by atoms with E-state index in [2.05, 4.69) is 11.4 Å². The highest BCUT2D eigenvalue weighted by molar-refractivity contribution is 7.10. The molecule has 0 fully saturated rings. The Hall–Kier alpha value is -3.47. The van der Waals surface area contributed by atoms with Crippen LogP contribution < -0.4 is 5.32 Å². The molecule has 0 saturated heterocycles. The maximum absolute atomic E-state index is 13.6. The zero-order valence-electron chi connectivity index (χ0n) is 16.9. The van der Waals surface area contributed by atoms with Crippen molar-refractivity contribution >= 4 is 28.8 Å². The van der Waals surface area contributed by atoms with Gasteiger partial charge < -0.3 is 15.0 Å². The summed E-state index contributed by atoms with van der Waals surface area (Å²) in [6.45, 7) is 0.757. The summed E-state index contributed by atoms with van der Waals surface area (Å²) in [6, 6.07) is 19.5. The number of benzene rings is 2. The van der Waals surface area contributed by atoms with E-state index in [1.165, 1.54) is 11.3 Å². The van der Waals surface area contributed by atoms with E-state index in [1.54, 1.807) is 42.3 Å². The molecular weight excluding hydrogens is 410 g/mol. The number of hydrogen-bond acceptors (Lipinski definition) is 5. The summed E-state index contributed by atoms with van der Waals surface area (Å²) in [5, 5.41) is 13.9. The molecule has 0 spiro atoms. The monoisotopic (exact) mass is 431 g/mol. The second kappa shape index (κ2) is 9.13. The number of carbonyl (C=O) groups is 2. The lowest BCUT2D eigenvalue weighted by atomic mass is 9.81. The lowest BCUT2D eigenvalue weighted by molar-refractivity contribution is -0.119. The zero-order valence-corrected chi connectivity index (χ0v) is 17.8. The smallest absolute Gasteiger partial charge is 0.254 e. The van der Waals surface area contributed by atoms with Crippen molar-refractivity contribution in [1.29, 1.82) is 5.26 Å². The number of thiophene rings is 1. The van der Waals surface area contributed by atoms with Gasteiger partial charge >= 0.3 is 0 Å². The molecule has 0 radical (unpaired) electrons. The number of nitriles is 1. The molecule has 6 nitrogen and oxygen atoms in total. The van der Waals surface area contributed by atoms with E-state index < -0.39 is 12.0 Å². The normalized spacial score (nSPS) is 17.7. The standard InChI is InChI=1S/C24H21N3O3S/c1-30-13-12-27-22(20-7-4-14-31-20)21(18-5-2-3-6-19(18)24(27)29)23(28)26-17-10-8-16(15-25)9-11-17/h2-11,14,21-22H,12-13H2,1H3,(H,26,28). The van der Waals surface area contributed by atoms with E-state index in [1.807, 2.05) is 35.7 Å². The lowest BCUT2D eigenvalue weighted by Crippen LogP contribution is -2.47. The van der Waals surface area contributed by atoms with Crippen LogP contribution in [0.3, 0.4) is 0 Å². The Morgan fingerprint density at radius 2 is 1.94 bits per heavy atom. The second-order valence-corrected chi connectivity index (χ2v) is 8.17. The molecular formula is C24H21N3O3S. The van der Waals surface area contributed by atoms with E-state index in [9.17, 15) is 9.59 Å². The highest BCUT2D eigenvalue weighted by Crippen LogP contribution is 2.44. The molecule has 7 heteroatoms. The Bertz CT molecular complexity index is 1120. The summed E-state index contributed by atoms with van der Waals surface area (Å²) in [5.41, 5.74) is 2.37. The minimum Gasteiger partial charge on any atom is -0.383 e. The molecule has 0 bridgehead atoms. The third-order valence-corrected chi connectivity index (χ3v) is 6.32. The maximum atomic E-state index is 13.6. The molecule has 156 valence electrons. The Kier molecular flexibility index (Phi) is 6.12. The van der Waals surface area contributed by atoms with Crippen molar-refractivity contribution in [2.45, 2.75) is 12.0 Å².